The molecule has 0 spiro atoms. The molecule has 0 radical (unpaired) electrons. The molecule has 2 heterocycles. The van der Waals surface area contributed by atoms with Crippen LogP contribution in [-0.4, -0.2) is 14.8 Å². The molecule has 13 heavy (non-hydrogen) atoms. The maximum absolute atomic E-state index is 13.1. The van der Waals surface area contributed by atoms with Gasteiger partial charge >= 0.3 is 0 Å². The molecule has 0 bridgehead atoms. The Bertz CT molecular complexity index is 384. The normalized spacial score (nSPS) is 10.2. The van der Waals surface area contributed by atoms with Crippen molar-refractivity contribution in [1.29, 1.82) is 0 Å². The van der Waals surface area contributed by atoms with Crippen LogP contribution in [-0.2, 0) is 6.54 Å². The number of halogens is 1. The molecular weight excluding hydrogens is 169 g/mol. The van der Waals surface area contributed by atoms with Crippen molar-refractivity contribution >= 4 is 0 Å². The minimum Gasteiger partial charge on any atom is -0.267 e. The Morgan fingerprint density at radius 1 is 1.31 bits per heavy atom. The van der Waals surface area contributed by atoms with Crippen LogP contribution in [0.1, 0.15) is 5.69 Å². The van der Waals surface area contributed by atoms with E-state index in [1.807, 2.05) is 0 Å². The van der Waals surface area contributed by atoms with Gasteiger partial charge in [-0.3, -0.25) is 9.67 Å². The minimum atomic E-state index is -0.294. The monoisotopic (exact) mass is 177 g/mol. The van der Waals surface area contributed by atoms with Crippen LogP contribution < -0.4 is 0 Å². The standard InChI is InChI=1S/C9H8FN3/c10-8-3-1-4-11-9(8)7-13-6-2-5-12-13/h1-6H,7H2. The number of aromatic nitrogens is 3. The first-order chi connectivity index (χ1) is 6.36. The SMILES string of the molecule is Fc1cccnc1Cn1cccn1. The third-order valence-corrected chi connectivity index (χ3v) is 1.71. The molecule has 0 unspecified atom stereocenters. The lowest BCUT2D eigenvalue weighted by Crippen LogP contribution is -2.04. The summed E-state index contributed by atoms with van der Waals surface area (Å²) in [5, 5.41) is 3.96. The number of hydrogen-bond donors (Lipinski definition) is 0. The van der Waals surface area contributed by atoms with Gasteiger partial charge in [-0.05, 0) is 18.2 Å². The second-order valence-electron chi connectivity index (χ2n) is 2.64. The van der Waals surface area contributed by atoms with Crippen molar-refractivity contribution in [3.63, 3.8) is 0 Å². The predicted molar refractivity (Wildman–Crippen MR) is 45.5 cm³/mol. The van der Waals surface area contributed by atoms with Crippen molar-refractivity contribution in [2.24, 2.45) is 0 Å². The van der Waals surface area contributed by atoms with Crippen LogP contribution in [0.3, 0.4) is 0 Å². The fourth-order valence-electron chi connectivity index (χ4n) is 1.08. The van der Waals surface area contributed by atoms with Gasteiger partial charge in [0.25, 0.3) is 0 Å². The Morgan fingerprint density at radius 3 is 2.92 bits per heavy atom. The van der Waals surface area contributed by atoms with E-state index in [0.29, 0.717) is 12.2 Å². The Kier molecular flexibility index (Phi) is 2.04. The topological polar surface area (TPSA) is 30.7 Å². The molecule has 0 saturated heterocycles. The third-order valence-electron chi connectivity index (χ3n) is 1.71. The molecule has 0 aliphatic carbocycles. The second kappa shape index (κ2) is 3.35. The van der Waals surface area contributed by atoms with Gasteiger partial charge in [-0.15, -0.1) is 0 Å². The average Bonchev–Trinajstić information content (AvgIpc) is 2.61. The lowest BCUT2D eigenvalue weighted by molar-refractivity contribution is 0.571. The maximum Gasteiger partial charge on any atom is 0.146 e. The first-order valence-electron chi connectivity index (χ1n) is 3.93. The van der Waals surface area contributed by atoms with E-state index < -0.39 is 0 Å². The zero-order chi connectivity index (χ0) is 9.10. The molecule has 0 atom stereocenters. The summed E-state index contributed by atoms with van der Waals surface area (Å²) in [6.07, 6.45) is 5.00. The van der Waals surface area contributed by atoms with Crippen LogP contribution in [0.2, 0.25) is 0 Å². The maximum atomic E-state index is 13.1. The fraction of sp³-hybridized carbons (Fsp3) is 0.111. The summed E-state index contributed by atoms with van der Waals surface area (Å²) >= 11 is 0. The van der Waals surface area contributed by atoms with E-state index in [2.05, 4.69) is 10.1 Å². The van der Waals surface area contributed by atoms with E-state index in [9.17, 15) is 4.39 Å². The average molecular weight is 177 g/mol. The number of pyridine rings is 1. The molecule has 0 aliphatic rings. The molecule has 3 nitrogen and oxygen atoms in total. The molecule has 2 rings (SSSR count). The van der Waals surface area contributed by atoms with Crippen LogP contribution in [0.5, 0.6) is 0 Å². The molecule has 0 amide bonds. The molecule has 66 valence electrons. The second-order valence-corrected chi connectivity index (χ2v) is 2.64. The van der Waals surface area contributed by atoms with Gasteiger partial charge in [0.2, 0.25) is 0 Å². The first-order valence-corrected chi connectivity index (χ1v) is 3.93. The van der Waals surface area contributed by atoms with E-state index in [-0.39, 0.29) is 5.82 Å². The Labute approximate surface area is 74.8 Å². The van der Waals surface area contributed by atoms with E-state index in [1.165, 1.54) is 6.07 Å². The molecule has 4 heteroatoms. The fourth-order valence-corrected chi connectivity index (χ4v) is 1.08. The van der Waals surface area contributed by atoms with Crippen molar-refractivity contribution in [2.75, 3.05) is 0 Å². The summed E-state index contributed by atoms with van der Waals surface area (Å²) in [6.45, 7) is 0.375. The van der Waals surface area contributed by atoms with Crippen LogP contribution in [0.4, 0.5) is 4.39 Å². The van der Waals surface area contributed by atoms with Gasteiger partial charge in [0.1, 0.15) is 5.82 Å². The summed E-state index contributed by atoms with van der Waals surface area (Å²) in [5.74, 6) is -0.294. The highest BCUT2D eigenvalue weighted by molar-refractivity contribution is 5.07. The number of rotatable bonds is 2. The van der Waals surface area contributed by atoms with Crippen molar-refractivity contribution in [1.82, 2.24) is 14.8 Å². The molecule has 2 aromatic rings. The van der Waals surface area contributed by atoms with Gasteiger partial charge in [0, 0.05) is 18.6 Å². The quantitative estimate of drug-likeness (QED) is 0.695. The lowest BCUT2D eigenvalue weighted by atomic mass is 10.3. The molecular formula is C9H8FN3. The van der Waals surface area contributed by atoms with Crippen molar-refractivity contribution in [3.8, 4) is 0 Å². The molecule has 0 fully saturated rings. The largest absolute Gasteiger partial charge is 0.267 e. The first kappa shape index (κ1) is 7.91. The Morgan fingerprint density at radius 2 is 2.23 bits per heavy atom. The van der Waals surface area contributed by atoms with Crippen LogP contribution in [0.15, 0.2) is 36.8 Å². The highest BCUT2D eigenvalue weighted by Gasteiger charge is 2.02. The highest BCUT2D eigenvalue weighted by Crippen LogP contribution is 2.03. The molecule has 0 aliphatic heterocycles. The predicted octanol–water partition coefficient (Wildman–Crippen LogP) is 1.47. The molecule has 0 N–H and O–H groups in total. The highest BCUT2D eigenvalue weighted by atomic mass is 19.1. The summed E-state index contributed by atoms with van der Waals surface area (Å²) in [7, 11) is 0. The number of nitrogens with zero attached hydrogens (tertiary/aromatic N) is 3. The Hall–Kier alpha value is -1.71. The van der Waals surface area contributed by atoms with Crippen LogP contribution in [0.25, 0.3) is 0 Å². The summed E-state index contributed by atoms with van der Waals surface area (Å²) in [4.78, 5) is 3.92. The van der Waals surface area contributed by atoms with Gasteiger partial charge in [-0.2, -0.15) is 5.10 Å². The minimum absolute atomic E-state index is 0.294. The summed E-state index contributed by atoms with van der Waals surface area (Å²) < 4.78 is 14.7. The van der Waals surface area contributed by atoms with E-state index >= 15 is 0 Å². The molecule has 0 saturated carbocycles. The number of hydrogen-bond acceptors (Lipinski definition) is 2. The molecule has 0 aromatic carbocycles. The smallest absolute Gasteiger partial charge is 0.146 e. The van der Waals surface area contributed by atoms with E-state index in [4.69, 9.17) is 0 Å². The van der Waals surface area contributed by atoms with Gasteiger partial charge in [-0.25, -0.2) is 4.39 Å². The van der Waals surface area contributed by atoms with Gasteiger partial charge in [-0.1, -0.05) is 0 Å². The van der Waals surface area contributed by atoms with Gasteiger partial charge in [0.15, 0.2) is 0 Å². The van der Waals surface area contributed by atoms with Gasteiger partial charge in [0.05, 0.1) is 12.2 Å². The third kappa shape index (κ3) is 1.72. The van der Waals surface area contributed by atoms with Crippen LogP contribution >= 0.6 is 0 Å². The van der Waals surface area contributed by atoms with Crippen LogP contribution in [0, 0.1) is 5.82 Å². The molecule has 2 aromatic heterocycles. The zero-order valence-electron chi connectivity index (χ0n) is 6.89. The van der Waals surface area contributed by atoms with E-state index in [1.54, 1.807) is 35.4 Å². The van der Waals surface area contributed by atoms with Gasteiger partial charge < -0.3 is 0 Å². The van der Waals surface area contributed by atoms with Crippen molar-refractivity contribution < 1.29 is 4.39 Å². The summed E-state index contributed by atoms with van der Waals surface area (Å²) in [5.41, 5.74) is 0.409. The lowest BCUT2D eigenvalue weighted by Gasteiger charge is -2.01. The summed E-state index contributed by atoms with van der Waals surface area (Å²) in [6, 6.07) is 4.76. The van der Waals surface area contributed by atoms with E-state index in [0.717, 1.165) is 0 Å². The zero-order valence-corrected chi connectivity index (χ0v) is 6.89. The Balaban J connectivity index is 2.24. The van der Waals surface area contributed by atoms with Crippen molar-refractivity contribution in [2.45, 2.75) is 6.54 Å². The van der Waals surface area contributed by atoms with Crippen molar-refractivity contribution in [3.05, 3.63) is 48.3 Å².